The average molecular weight is 396 g/mol. The number of aromatic nitrogens is 1. The van der Waals surface area contributed by atoms with Crippen LogP contribution in [0.2, 0.25) is 0 Å². The van der Waals surface area contributed by atoms with Crippen LogP contribution in [0.3, 0.4) is 0 Å². The quantitative estimate of drug-likeness (QED) is 0.432. The zero-order chi connectivity index (χ0) is 17.6. The number of rotatable bonds is 3. The van der Waals surface area contributed by atoms with E-state index in [2.05, 4.69) is 69.9 Å². The second-order valence-electron chi connectivity index (χ2n) is 6.04. The van der Waals surface area contributed by atoms with Crippen LogP contribution in [0.25, 0.3) is 27.5 Å². The first kappa shape index (κ1) is 16.0. The van der Waals surface area contributed by atoms with Gasteiger partial charge in [-0.1, -0.05) is 15.9 Å². The average Bonchev–Trinajstić information content (AvgIpc) is 2.96. The summed E-state index contributed by atoms with van der Waals surface area (Å²) in [6.07, 6.45) is 0. The molecular formula is C21H18BrNO2. The molecule has 1 heterocycles. The summed E-state index contributed by atoms with van der Waals surface area (Å²) < 4.78 is 14.3. The molecule has 25 heavy (non-hydrogen) atoms. The van der Waals surface area contributed by atoms with Gasteiger partial charge in [-0.25, -0.2) is 0 Å². The highest BCUT2D eigenvalue weighted by molar-refractivity contribution is 9.10. The van der Waals surface area contributed by atoms with Gasteiger partial charge in [0.15, 0.2) is 0 Å². The minimum absolute atomic E-state index is 0.848. The van der Waals surface area contributed by atoms with Crippen LogP contribution in [0.1, 0.15) is 5.56 Å². The minimum Gasteiger partial charge on any atom is -0.497 e. The molecule has 4 rings (SSSR count). The molecule has 0 unspecified atom stereocenters. The number of nitrogens with zero attached hydrogens (tertiary/aromatic N) is 1. The van der Waals surface area contributed by atoms with E-state index in [0.29, 0.717) is 0 Å². The summed E-state index contributed by atoms with van der Waals surface area (Å²) in [5, 5.41) is 2.29. The van der Waals surface area contributed by atoms with Crippen molar-refractivity contribution in [3.05, 3.63) is 64.6 Å². The molecule has 4 heteroatoms. The van der Waals surface area contributed by atoms with Crippen molar-refractivity contribution in [2.45, 2.75) is 6.92 Å². The van der Waals surface area contributed by atoms with E-state index in [4.69, 9.17) is 9.47 Å². The van der Waals surface area contributed by atoms with Gasteiger partial charge in [-0.05, 0) is 67.1 Å². The monoisotopic (exact) mass is 395 g/mol. The van der Waals surface area contributed by atoms with Gasteiger partial charge in [0, 0.05) is 20.9 Å². The van der Waals surface area contributed by atoms with Crippen molar-refractivity contribution in [2.75, 3.05) is 14.2 Å². The van der Waals surface area contributed by atoms with E-state index in [-0.39, 0.29) is 0 Å². The van der Waals surface area contributed by atoms with Crippen LogP contribution in [-0.4, -0.2) is 18.8 Å². The zero-order valence-corrected chi connectivity index (χ0v) is 15.9. The normalized spacial score (nSPS) is 11.2. The Bertz CT molecular complexity index is 1040. The lowest BCUT2D eigenvalue weighted by atomic mass is 10.1. The van der Waals surface area contributed by atoms with Crippen molar-refractivity contribution in [3.63, 3.8) is 0 Å². The number of methoxy groups -OCH3 is 2. The van der Waals surface area contributed by atoms with Crippen LogP contribution in [0, 0.1) is 6.92 Å². The smallest absolute Gasteiger partial charge is 0.119 e. The zero-order valence-electron chi connectivity index (χ0n) is 14.3. The summed E-state index contributed by atoms with van der Waals surface area (Å²) in [4.78, 5) is 0. The number of benzene rings is 3. The maximum Gasteiger partial charge on any atom is 0.119 e. The summed E-state index contributed by atoms with van der Waals surface area (Å²) >= 11 is 3.59. The highest BCUT2D eigenvalue weighted by Crippen LogP contribution is 2.36. The highest BCUT2D eigenvalue weighted by atomic mass is 79.9. The molecule has 4 aromatic rings. The second-order valence-corrected chi connectivity index (χ2v) is 6.89. The summed E-state index contributed by atoms with van der Waals surface area (Å²) in [6.45, 7) is 2.10. The predicted molar refractivity (Wildman–Crippen MR) is 106 cm³/mol. The van der Waals surface area contributed by atoms with Crippen LogP contribution in [0.4, 0.5) is 0 Å². The molecule has 0 radical (unpaired) electrons. The molecule has 3 aromatic carbocycles. The third kappa shape index (κ3) is 2.57. The molecule has 0 N–H and O–H groups in total. The van der Waals surface area contributed by atoms with Gasteiger partial charge < -0.3 is 14.0 Å². The number of fused-ring (bicyclic) bond motifs is 3. The van der Waals surface area contributed by atoms with E-state index in [1.807, 2.05) is 12.1 Å². The Labute approximate surface area is 154 Å². The van der Waals surface area contributed by atoms with Gasteiger partial charge >= 0.3 is 0 Å². The fourth-order valence-electron chi connectivity index (χ4n) is 3.28. The van der Waals surface area contributed by atoms with E-state index in [9.17, 15) is 0 Å². The standard InChI is InChI=1S/C21H18BrNO2/c1-13-10-14(4-7-19(13)22)23-20-8-5-15(24-2)11-17(20)18-12-16(25-3)6-9-21(18)23/h4-12H,1-3H3. The molecule has 0 aliphatic heterocycles. The number of halogens is 1. The summed E-state index contributed by atoms with van der Waals surface area (Å²) in [7, 11) is 3.39. The molecule has 0 spiro atoms. The first-order valence-electron chi connectivity index (χ1n) is 8.05. The lowest BCUT2D eigenvalue weighted by Gasteiger charge is -2.10. The Morgan fingerprint density at radius 2 is 1.32 bits per heavy atom. The van der Waals surface area contributed by atoms with Gasteiger partial charge in [-0.15, -0.1) is 0 Å². The van der Waals surface area contributed by atoms with Crippen molar-refractivity contribution in [2.24, 2.45) is 0 Å². The van der Waals surface area contributed by atoms with E-state index in [1.54, 1.807) is 14.2 Å². The molecule has 0 bridgehead atoms. The summed E-state index contributed by atoms with van der Waals surface area (Å²) in [6, 6.07) is 18.8. The van der Waals surface area contributed by atoms with E-state index < -0.39 is 0 Å². The van der Waals surface area contributed by atoms with Gasteiger partial charge in [0.25, 0.3) is 0 Å². The van der Waals surface area contributed by atoms with Gasteiger partial charge in [0.1, 0.15) is 11.5 Å². The van der Waals surface area contributed by atoms with Crippen LogP contribution >= 0.6 is 15.9 Å². The Morgan fingerprint density at radius 3 is 1.80 bits per heavy atom. The number of hydrogen-bond donors (Lipinski definition) is 0. The lowest BCUT2D eigenvalue weighted by molar-refractivity contribution is 0.415. The Hall–Kier alpha value is -2.46. The molecule has 0 saturated carbocycles. The van der Waals surface area contributed by atoms with Crippen LogP contribution < -0.4 is 9.47 Å². The van der Waals surface area contributed by atoms with Crippen molar-refractivity contribution in [1.82, 2.24) is 4.57 Å². The first-order valence-corrected chi connectivity index (χ1v) is 8.84. The number of hydrogen-bond acceptors (Lipinski definition) is 2. The molecule has 3 nitrogen and oxygen atoms in total. The predicted octanol–water partition coefficient (Wildman–Crippen LogP) is 5.87. The summed E-state index contributed by atoms with van der Waals surface area (Å²) in [5.74, 6) is 1.70. The summed E-state index contributed by atoms with van der Waals surface area (Å²) in [5.41, 5.74) is 4.63. The molecule has 0 saturated heterocycles. The fourth-order valence-corrected chi connectivity index (χ4v) is 3.53. The van der Waals surface area contributed by atoms with Gasteiger partial charge in [-0.3, -0.25) is 0 Å². The van der Waals surface area contributed by atoms with E-state index in [1.165, 1.54) is 5.56 Å². The molecular weight excluding hydrogens is 378 g/mol. The van der Waals surface area contributed by atoms with Crippen molar-refractivity contribution >= 4 is 37.7 Å². The van der Waals surface area contributed by atoms with Crippen molar-refractivity contribution < 1.29 is 9.47 Å². The molecule has 126 valence electrons. The van der Waals surface area contributed by atoms with Gasteiger partial charge in [-0.2, -0.15) is 0 Å². The molecule has 0 aliphatic carbocycles. The Kier molecular flexibility index (Phi) is 3.92. The van der Waals surface area contributed by atoms with E-state index >= 15 is 0 Å². The maximum atomic E-state index is 5.43. The largest absolute Gasteiger partial charge is 0.497 e. The fraction of sp³-hybridized carbons (Fsp3) is 0.143. The van der Waals surface area contributed by atoms with Gasteiger partial charge in [0.2, 0.25) is 0 Å². The Balaban J connectivity index is 2.12. The second kappa shape index (κ2) is 6.12. The van der Waals surface area contributed by atoms with Crippen LogP contribution in [-0.2, 0) is 0 Å². The lowest BCUT2D eigenvalue weighted by Crippen LogP contribution is -1.95. The molecule has 0 aliphatic rings. The minimum atomic E-state index is 0.848. The number of ether oxygens (including phenoxy) is 2. The number of aryl methyl sites for hydroxylation is 1. The van der Waals surface area contributed by atoms with Crippen molar-refractivity contribution in [1.29, 1.82) is 0 Å². The van der Waals surface area contributed by atoms with Crippen molar-refractivity contribution in [3.8, 4) is 17.2 Å². The third-order valence-electron chi connectivity index (χ3n) is 4.58. The molecule has 0 fully saturated rings. The molecule has 0 amide bonds. The topological polar surface area (TPSA) is 23.4 Å². The molecule has 1 aromatic heterocycles. The van der Waals surface area contributed by atoms with E-state index in [0.717, 1.165) is 43.5 Å². The highest BCUT2D eigenvalue weighted by Gasteiger charge is 2.14. The third-order valence-corrected chi connectivity index (χ3v) is 5.47. The van der Waals surface area contributed by atoms with Gasteiger partial charge in [0.05, 0.1) is 25.3 Å². The van der Waals surface area contributed by atoms with Crippen LogP contribution in [0.5, 0.6) is 11.5 Å². The van der Waals surface area contributed by atoms with Crippen LogP contribution in [0.15, 0.2) is 59.1 Å². The SMILES string of the molecule is COc1ccc2c(c1)c1cc(OC)ccc1n2-c1ccc(Br)c(C)c1. The first-order chi connectivity index (χ1) is 12.1. The maximum absolute atomic E-state index is 5.43. The Morgan fingerprint density at radius 1 is 0.760 bits per heavy atom. The molecule has 0 atom stereocenters.